The van der Waals surface area contributed by atoms with Crippen molar-refractivity contribution in [3.63, 3.8) is 0 Å². The first kappa shape index (κ1) is 17.5. The summed E-state index contributed by atoms with van der Waals surface area (Å²) in [5, 5.41) is 6.24. The highest BCUT2D eigenvalue weighted by atomic mass is 16.5. The third-order valence-corrected chi connectivity index (χ3v) is 3.36. The van der Waals surface area contributed by atoms with Gasteiger partial charge in [0.15, 0.2) is 6.10 Å². The molecular formula is C17H28N2O2. The fraction of sp³-hybridized carbons (Fsp3) is 0.588. The van der Waals surface area contributed by atoms with E-state index in [1.165, 1.54) is 0 Å². The Morgan fingerprint density at radius 3 is 2.62 bits per heavy atom. The molecule has 2 unspecified atom stereocenters. The molecule has 1 aromatic carbocycles. The van der Waals surface area contributed by atoms with Crippen molar-refractivity contribution in [3.8, 4) is 5.75 Å². The molecule has 0 aliphatic carbocycles. The number of ether oxygens (including phenoxy) is 1. The monoisotopic (exact) mass is 292 g/mol. The van der Waals surface area contributed by atoms with Crippen molar-refractivity contribution in [3.05, 3.63) is 29.3 Å². The lowest BCUT2D eigenvalue weighted by Gasteiger charge is -2.21. The summed E-state index contributed by atoms with van der Waals surface area (Å²) in [5.41, 5.74) is 2.21. The molecule has 2 N–H and O–H groups in total. The molecule has 0 saturated carbocycles. The van der Waals surface area contributed by atoms with E-state index in [0.717, 1.165) is 29.8 Å². The number of carbonyl (C=O) groups excluding carboxylic acids is 1. The Hall–Kier alpha value is -1.55. The number of rotatable bonds is 8. The number of carbonyl (C=O) groups is 1. The molecule has 0 saturated heterocycles. The van der Waals surface area contributed by atoms with Gasteiger partial charge in [0.05, 0.1) is 0 Å². The molecule has 0 aromatic heterocycles. The highest BCUT2D eigenvalue weighted by Crippen LogP contribution is 2.27. The van der Waals surface area contributed by atoms with Crippen LogP contribution in [0.4, 0.5) is 0 Å². The van der Waals surface area contributed by atoms with E-state index in [1.54, 1.807) is 6.92 Å². The van der Waals surface area contributed by atoms with E-state index in [1.807, 2.05) is 19.9 Å². The van der Waals surface area contributed by atoms with E-state index in [-0.39, 0.29) is 11.9 Å². The van der Waals surface area contributed by atoms with E-state index in [9.17, 15) is 4.79 Å². The Morgan fingerprint density at radius 2 is 2.00 bits per heavy atom. The van der Waals surface area contributed by atoms with Crippen LogP contribution in [-0.4, -0.2) is 25.1 Å². The van der Waals surface area contributed by atoms with Gasteiger partial charge in [0.2, 0.25) is 0 Å². The van der Waals surface area contributed by atoms with Crippen LogP contribution in [0.5, 0.6) is 5.75 Å². The number of hydrogen-bond donors (Lipinski definition) is 2. The summed E-state index contributed by atoms with van der Waals surface area (Å²) < 4.78 is 5.89. The Kier molecular flexibility index (Phi) is 7.23. The summed E-state index contributed by atoms with van der Waals surface area (Å²) in [6.07, 6.45) is 0.589. The molecular weight excluding hydrogens is 264 g/mol. The van der Waals surface area contributed by atoms with Gasteiger partial charge in [-0.1, -0.05) is 19.1 Å². The van der Waals surface area contributed by atoms with Gasteiger partial charge in [-0.2, -0.15) is 0 Å². The second-order valence-electron chi connectivity index (χ2n) is 5.37. The van der Waals surface area contributed by atoms with Crippen molar-refractivity contribution < 1.29 is 9.53 Å². The Balaban J connectivity index is 2.88. The average molecular weight is 292 g/mol. The predicted molar refractivity (Wildman–Crippen MR) is 86.7 cm³/mol. The summed E-state index contributed by atoms with van der Waals surface area (Å²) in [6, 6.07) is 6.34. The summed E-state index contributed by atoms with van der Waals surface area (Å²) in [4.78, 5) is 11.8. The Morgan fingerprint density at radius 1 is 1.29 bits per heavy atom. The molecule has 0 fully saturated rings. The number of aryl methyl sites for hydroxylation is 1. The first-order valence-electron chi connectivity index (χ1n) is 7.77. The highest BCUT2D eigenvalue weighted by Gasteiger charge is 2.17. The summed E-state index contributed by atoms with van der Waals surface area (Å²) >= 11 is 0. The SMILES string of the molecule is CCCNC(C)c1ccc(C)cc1OC(C)C(=O)NCC. The van der Waals surface area contributed by atoms with Crippen LogP contribution in [0.1, 0.15) is 51.3 Å². The van der Waals surface area contributed by atoms with E-state index in [2.05, 4.69) is 36.6 Å². The van der Waals surface area contributed by atoms with Gasteiger partial charge in [-0.3, -0.25) is 4.79 Å². The second-order valence-corrected chi connectivity index (χ2v) is 5.37. The maximum absolute atomic E-state index is 11.8. The smallest absolute Gasteiger partial charge is 0.260 e. The van der Waals surface area contributed by atoms with E-state index in [0.29, 0.717) is 6.54 Å². The van der Waals surface area contributed by atoms with Crippen LogP contribution in [0.3, 0.4) is 0 Å². The summed E-state index contributed by atoms with van der Waals surface area (Å²) in [6.45, 7) is 11.5. The van der Waals surface area contributed by atoms with E-state index < -0.39 is 6.10 Å². The number of nitrogens with one attached hydrogen (secondary N) is 2. The van der Waals surface area contributed by atoms with Crippen LogP contribution < -0.4 is 15.4 Å². The third-order valence-electron chi connectivity index (χ3n) is 3.36. The van der Waals surface area contributed by atoms with Gasteiger partial charge in [0.25, 0.3) is 5.91 Å². The van der Waals surface area contributed by atoms with Crippen LogP contribution in [-0.2, 0) is 4.79 Å². The zero-order valence-corrected chi connectivity index (χ0v) is 13.8. The molecule has 4 nitrogen and oxygen atoms in total. The molecule has 0 bridgehead atoms. The lowest BCUT2D eigenvalue weighted by atomic mass is 10.0. The fourth-order valence-electron chi connectivity index (χ4n) is 2.13. The van der Waals surface area contributed by atoms with Crippen molar-refractivity contribution in [1.29, 1.82) is 0 Å². The average Bonchev–Trinajstić information content (AvgIpc) is 2.45. The zero-order chi connectivity index (χ0) is 15.8. The molecule has 0 aliphatic rings. The zero-order valence-electron chi connectivity index (χ0n) is 13.8. The van der Waals surface area contributed by atoms with Crippen LogP contribution in [0.2, 0.25) is 0 Å². The number of benzene rings is 1. The lowest BCUT2D eigenvalue weighted by molar-refractivity contribution is -0.127. The van der Waals surface area contributed by atoms with Crippen LogP contribution in [0.25, 0.3) is 0 Å². The molecule has 0 spiro atoms. The highest BCUT2D eigenvalue weighted by molar-refractivity contribution is 5.80. The van der Waals surface area contributed by atoms with Crippen molar-refractivity contribution >= 4 is 5.91 Å². The molecule has 4 heteroatoms. The second kappa shape index (κ2) is 8.67. The molecule has 2 atom stereocenters. The van der Waals surface area contributed by atoms with Crippen molar-refractivity contribution in [2.45, 2.75) is 53.2 Å². The normalized spacial score (nSPS) is 13.6. The quantitative estimate of drug-likeness (QED) is 0.774. The summed E-state index contributed by atoms with van der Waals surface area (Å²) in [7, 11) is 0. The standard InChI is InChI=1S/C17H28N2O2/c1-6-10-19-13(4)15-9-8-12(3)11-16(15)21-14(5)17(20)18-7-2/h8-9,11,13-14,19H,6-7,10H2,1-5H3,(H,18,20). The van der Waals surface area contributed by atoms with Crippen molar-refractivity contribution in [2.75, 3.05) is 13.1 Å². The van der Waals surface area contributed by atoms with Gasteiger partial charge in [0, 0.05) is 18.2 Å². The van der Waals surface area contributed by atoms with Crippen LogP contribution in [0, 0.1) is 6.92 Å². The summed E-state index contributed by atoms with van der Waals surface area (Å²) in [5.74, 6) is 0.698. The minimum Gasteiger partial charge on any atom is -0.481 e. The van der Waals surface area contributed by atoms with Gasteiger partial charge in [-0.25, -0.2) is 0 Å². The molecule has 21 heavy (non-hydrogen) atoms. The Bertz CT molecular complexity index is 460. The predicted octanol–water partition coefficient (Wildman–Crippen LogP) is 2.96. The molecule has 0 heterocycles. The first-order chi connectivity index (χ1) is 9.99. The Labute approximate surface area is 128 Å². The van der Waals surface area contributed by atoms with Gasteiger partial charge in [0.1, 0.15) is 5.75 Å². The minimum absolute atomic E-state index is 0.0841. The van der Waals surface area contributed by atoms with Crippen LogP contribution in [0.15, 0.2) is 18.2 Å². The van der Waals surface area contributed by atoms with Gasteiger partial charge < -0.3 is 15.4 Å². The fourth-order valence-corrected chi connectivity index (χ4v) is 2.13. The van der Waals surface area contributed by atoms with Crippen LogP contribution >= 0.6 is 0 Å². The first-order valence-corrected chi connectivity index (χ1v) is 7.77. The molecule has 0 aliphatic heterocycles. The van der Waals surface area contributed by atoms with Gasteiger partial charge >= 0.3 is 0 Å². The maximum Gasteiger partial charge on any atom is 0.260 e. The van der Waals surface area contributed by atoms with Gasteiger partial charge in [-0.15, -0.1) is 0 Å². The molecule has 1 amide bonds. The number of hydrogen-bond acceptors (Lipinski definition) is 3. The van der Waals surface area contributed by atoms with Crippen molar-refractivity contribution in [1.82, 2.24) is 10.6 Å². The maximum atomic E-state index is 11.8. The topological polar surface area (TPSA) is 50.4 Å². The number of amides is 1. The molecule has 0 radical (unpaired) electrons. The minimum atomic E-state index is -0.496. The van der Waals surface area contributed by atoms with E-state index >= 15 is 0 Å². The molecule has 118 valence electrons. The van der Waals surface area contributed by atoms with Gasteiger partial charge in [-0.05, 0) is 52.3 Å². The largest absolute Gasteiger partial charge is 0.481 e. The number of likely N-dealkylation sites (N-methyl/N-ethyl adjacent to an activating group) is 1. The van der Waals surface area contributed by atoms with E-state index in [4.69, 9.17) is 4.74 Å². The lowest BCUT2D eigenvalue weighted by Crippen LogP contribution is -2.36. The van der Waals surface area contributed by atoms with Crippen molar-refractivity contribution in [2.24, 2.45) is 0 Å². The molecule has 1 rings (SSSR count). The molecule has 1 aromatic rings. The third kappa shape index (κ3) is 5.38.